The fourth-order valence-electron chi connectivity index (χ4n) is 1.63. The minimum Gasteiger partial charge on any atom is -0.469 e. The maximum absolute atomic E-state index is 12.4. The second-order valence-corrected chi connectivity index (χ2v) is 6.43. The highest BCUT2D eigenvalue weighted by Crippen LogP contribution is 2.23. The average Bonchev–Trinajstić information content (AvgIpc) is 2.75. The molecular formula is C12H13ClN2O3S. The van der Waals surface area contributed by atoms with Crippen LogP contribution in [-0.4, -0.2) is 24.8 Å². The Balaban J connectivity index is 2.30. The van der Waals surface area contributed by atoms with Crippen molar-refractivity contribution in [1.29, 1.82) is 0 Å². The zero-order chi connectivity index (χ0) is 14.0. The van der Waals surface area contributed by atoms with E-state index in [4.69, 9.17) is 16.0 Å². The van der Waals surface area contributed by atoms with Gasteiger partial charge >= 0.3 is 0 Å². The van der Waals surface area contributed by atoms with Crippen LogP contribution in [0.25, 0.3) is 0 Å². The standard InChI is InChI=1S/C12H13ClN2O3S/c1-9-10(5-7-18-9)8-15(2)19(16,17)11-4-3-6-14-12(11)13/h3-7H,8H2,1-2H3. The molecule has 0 aliphatic carbocycles. The lowest BCUT2D eigenvalue weighted by atomic mass is 10.3. The Bertz CT molecular complexity index is 682. The summed E-state index contributed by atoms with van der Waals surface area (Å²) in [4.78, 5) is 3.78. The van der Waals surface area contributed by atoms with E-state index in [1.807, 2.05) is 0 Å². The molecule has 7 heteroatoms. The van der Waals surface area contributed by atoms with Gasteiger partial charge in [-0.1, -0.05) is 11.6 Å². The first-order chi connectivity index (χ1) is 8.93. The largest absolute Gasteiger partial charge is 0.469 e. The van der Waals surface area contributed by atoms with Gasteiger partial charge in [0.25, 0.3) is 0 Å². The first-order valence-electron chi connectivity index (χ1n) is 5.52. The Labute approximate surface area is 116 Å². The smallest absolute Gasteiger partial charge is 0.246 e. The molecule has 0 unspecified atom stereocenters. The van der Waals surface area contributed by atoms with E-state index >= 15 is 0 Å². The van der Waals surface area contributed by atoms with E-state index in [-0.39, 0.29) is 16.6 Å². The minimum atomic E-state index is -3.67. The highest BCUT2D eigenvalue weighted by Gasteiger charge is 2.24. The van der Waals surface area contributed by atoms with Crippen molar-refractivity contribution in [2.24, 2.45) is 0 Å². The second-order valence-electron chi connectivity index (χ2n) is 4.06. The van der Waals surface area contributed by atoms with Crippen molar-refractivity contribution in [1.82, 2.24) is 9.29 Å². The van der Waals surface area contributed by atoms with Gasteiger partial charge in [-0.05, 0) is 25.1 Å². The predicted molar refractivity (Wildman–Crippen MR) is 71.3 cm³/mol. The molecule has 2 aromatic heterocycles. The molecule has 0 amide bonds. The van der Waals surface area contributed by atoms with Gasteiger partial charge in [0.2, 0.25) is 10.0 Å². The third-order valence-corrected chi connectivity index (χ3v) is 5.02. The summed E-state index contributed by atoms with van der Waals surface area (Å²) in [6.07, 6.45) is 2.98. The van der Waals surface area contributed by atoms with E-state index in [0.717, 1.165) is 5.56 Å². The van der Waals surface area contributed by atoms with Crippen LogP contribution in [0, 0.1) is 6.92 Å². The van der Waals surface area contributed by atoms with Crippen LogP contribution in [0.1, 0.15) is 11.3 Å². The van der Waals surface area contributed by atoms with Crippen molar-refractivity contribution in [2.75, 3.05) is 7.05 Å². The molecule has 102 valence electrons. The normalized spacial score (nSPS) is 12.0. The Morgan fingerprint density at radius 3 is 2.74 bits per heavy atom. The Hall–Kier alpha value is -1.37. The average molecular weight is 301 g/mol. The fourth-order valence-corrected chi connectivity index (χ4v) is 3.20. The number of aryl methyl sites for hydroxylation is 1. The molecule has 0 saturated carbocycles. The van der Waals surface area contributed by atoms with Gasteiger partial charge < -0.3 is 4.42 Å². The lowest BCUT2D eigenvalue weighted by Crippen LogP contribution is -2.27. The van der Waals surface area contributed by atoms with E-state index in [1.54, 1.807) is 13.0 Å². The molecule has 2 aromatic rings. The summed E-state index contributed by atoms with van der Waals surface area (Å²) >= 11 is 5.83. The molecule has 0 aliphatic rings. The molecule has 0 bridgehead atoms. The van der Waals surface area contributed by atoms with E-state index < -0.39 is 10.0 Å². The third kappa shape index (κ3) is 2.80. The van der Waals surface area contributed by atoms with Crippen molar-refractivity contribution in [3.05, 3.63) is 47.1 Å². The maximum atomic E-state index is 12.4. The second kappa shape index (κ2) is 5.32. The molecule has 0 aliphatic heterocycles. The van der Waals surface area contributed by atoms with Gasteiger partial charge in [-0.15, -0.1) is 0 Å². The lowest BCUT2D eigenvalue weighted by molar-refractivity contribution is 0.458. The Morgan fingerprint density at radius 2 is 2.16 bits per heavy atom. The van der Waals surface area contributed by atoms with Gasteiger partial charge in [-0.3, -0.25) is 0 Å². The van der Waals surface area contributed by atoms with E-state index in [0.29, 0.717) is 5.76 Å². The zero-order valence-electron chi connectivity index (χ0n) is 10.5. The van der Waals surface area contributed by atoms with Gasteiger partial charge in [0, 0.05) is 25.4 Å². The van der Waals surface area contributed by atoms with Crippen molar-refractivity contribution in [3.63, 3.8) is 0 Å². The first kappa shape index (κ1) is 14.0. The Kier molecular flexibility index (Phi) is 3.93. The number of pyridine rings is 1. The minimum absolute atomic E-state index is 0.000291. The molecule has 19 heavy (non-hydrogen) atoms. The molecule has 2 heterocycles. The van der Waals surface area contributed by atoms with Crippen LogP contribution in [-0.2, 0) is 16.6 Å². The molecule has 0 saturated heterocycles. The van der Waals surface area contributed by atoms with Crippen LogP contribution in [0.4, 0.5) is 0 Å². The van der Waals surface area contributed by atoms with E-state index in [9.17, 15) is 8.42 Å². The summed E-state index contributed by atoms with van der Waals surface area (Å²) in [6.45, 7) is 2.00. The molecule has 0 atom stereocenters. The topological polar surface area (TPSA) is 63.4 Å². The number of furan rings is 1. The summed E-state index contributed by atoms with van der Waals surface area (Å²) in [6, 6.07) is 4.71. The summed E-state index contributed by atoms with van der Waals surface area (Å²) in [5.41, 5.74) is 0.811. The van der Waals surface area contributed by atoms with Gasteiger partial charge in [-0.2, -0.15) is 4.31 Å². The lowest BCUT2D eigenvalue weighted by Gasteiger charge is -2.17. The number of hydrogen-bond donors (Lipinski definition) is 0. The molecule has 5 nitrogen and oxygen atoms in total. The van der Waals surface area contributed by atoms with Gasteiger partial charge in [0.1, 0.15) is 15.8 Å². The number of nitrogens with zero attached hydrogens (tertiary/aromatic N) is 2. The van der Waals surface area contributed by atoms with Crippen LogP contribution < -0.4 is 0 Å². The highest BCUT2D eigenvalue weighted by atomic mass is 35.5. The quantitative estimate of drug-likeness (QED) is 0.814. The van der Waals surface area contributed by atoms with Crippen LogP contribution >= 0.6 is 11.6 Å². The van der Waals surface area contributed by atoms with Gasteiger partial charge in [0.05, 0.1) is 6.26 Å². The van der Waals surface area contributed by atoms with Gasteiger partial charge in [-0.25, -0.2) is 13.4 Å². The molecule has 0 aromatic carbocycles. The molecule has 0 N–H and O–H groups in total. The number of sulfonamides is 1. The summed E-state index contributed by atoms with van der Waals surface area (Å²) in [7, 11) is -2.17. The number of hydrogen-bond acceptors (Lipinski definition) is 4. The number of rotatable bonds is 4. The van der Waals surface area contributed by atoms with E-state index in [2.05, 4.69) is 4.98 Å². The number of aromatic nitrogens is 1. The summed E-state index contributed by atoms with van der Waals surface area (Å²) in [5, 5.41) is -0.0294. The van der Waals surface area contributed by atoms with Gasteiger partial charge in [0.15, 0.2) is 0 Å². The zero-order valence-corrected chi connectivity index (χ0v) is 12.1. The predicted octanol–water partition coefficient (Wildman–Crippen LogP) is 2.46. The van der Waals surface area contributed by atoms with Crippen molar-refractivity contribution in [3.8, 4) is 0 Å². The highest BCUT2D eigenvalue weighted by molar-refractivity contribution is 7.89. The van der Waals surface area contributed by atoms with Crippen LogP contribution in [0.3, 0.4) is 0 Å². The van der Waals surface area contributed by atoms with Crippen molar-refractivity contribution in [2.45, 2.75) is 18.4 Å². The monoisotopic (exact) mass is 300 g/mol. The van der Waals surface area contributed by atoms with Crippen LogP contribution in [0.15, 0.2) is 40.0 Å². The first-order valence-corrected chi connectivity index (χ1v) is 7.34. The van der Waals surface area contributed by atoms with Crippen LogP contribution in [0.2, 0.25) is 5.15 Å². The fraction of sp³-hybridized carbons (Fsp3) is 0.250. The molecule has 0 fully saturated rings. The summed E-state index contributed by atoms with van der Waals surface area (Å²) in [5.74, 6) is 0.694. The molecule has 2 rings (SSSR count). The molecule has 0 radical (unpaired) electrons. The molecule has 0 spiro atoms. The van der Waals surface area contributed by atoms with Crippen LogP contribution in [0.5, 0.6) is 0 Å². The maximum Gasteiger partial charge on any atom is 0.246 e. The third-order valence-electron chi connectivity index (χ3n) is 2.77. The SMILES string of the molecule is Cc1occc1CN(C)S(=O)(=O)c1cccnc1Cl. The summed E-state index contributed by atoms with van der Waals surface area (Å²) < 4.78 is 31.1. The Morgan fingerprint density at radius 1 is 1.42 bits per heavy atom. The van der Waals surface area contributed by atoms with E-state index in [1.165, 1.54) is 35.9 Å². The number of halogens is 1. The molecular weight excluding hydrogens is 288 g/mol. The van der Waals surface area contributed by atoms with Crippen molar-refractivity contribution >= 4 is 21.6 Å². The van der Waals surface area contributed by atoms with Crippen molar-refractivity contribution < 1.29 is 12.8 Å².